The van der Waals surface area contributed by atoms with Gasteiger partial charge in [0, 0.05) is 17.8 Å². The molecule has 4 rings (SSSR count). The van der Waals surface area contributed by atoms with Crippen molar-refractivity contribution in [3.63, 3.8) is 0 Å². The van der Waals surface area contributed by atoms with E-state index < -0.39 is 0 Å². The van der Waals surface area contributed by atoms with Gasteiger partial charge in [0.15, 0.2) is 5.78 Å². The number of aliphatic hydroxyl groups excluding tert-OH is 1. The third-order valence-electron chi connectivity index (χ3n) is 8.31. The molecule has 3 N–H and O–H groups in total. The lowest BCUT2D eigenvalue weighted by Gasteiger charge is -2.58. The highest BCUT2D eigenvalue weighted by Crippen LogP contribution is 2.66. The predicted octanol–water partition coefficient (Wildman–Crippen LogP) is 2.59. The van der Waals surface area contributed by atoms with Crippen molar-refractivity contribution in [1.29, 1.82) is 0 Å². The lowest BCUT2D eigenvalue weighted by molar-refractivity contribution is -0.131. The van der Waals surface area contributed by atoms with Crippen LogP contribution in [0.25, 0.3) is 0 Å². The molecule has 0 heterocycles. The highest BCUT2D eigenvalue weighted by Gasteiger charge is 2.60. The molecular formula is C20H29NO3. The van der Waals surface area contributed by atoms with Crippen LogP contribution in [0.3, 0.4) is 0 Å². The normalized spacial score (nSPS) is 47.4. The Morgan fingerprint density at radius 2 is 2.00 bits per heavy atom. The van der Waals surface area contributed by atoms with Gasteiger partial charge in [0.2, 0.25) is 5.91 Å². The summed E-state index contributed by atoms with van der Waals surface area (Å²) in [4.78, 5) is 23.8. The van der Waals surface area contributed by atoms with E-state index in [-0.39, 0.29) is 35.0 Å². The van der Waals surface area contributed by atoms with E-state index in [1.807, 2.05) is 6.08 Å². The second-order valence-electron chi connectivity index (χ2n) is 8.94. The second-order valence-corrected chi connectivity index (χ2v) is 8.94. The monoisotopic (exact) mass is 331 g/mol. The number of hydrogen-bond acceptors (Lipinski definition) is 3. The largest absolute Gasteiger partial charge is 0.395 e. The maximum absolute atomic E-state index is 11.9. The van der Waals surface area contributed by atoms with Crippen molar-refractivity contribution in [2.75, 3.05) is 6.61 Å². The quantitative estimate of drug-likeness (QED) is 0.816. The number of nitrogens with two attached hydrogens (primary N) is 1. The smallest absolute Gasteiger partial charge is 0.221 e. The van der Waals surface area contributed by atoms with Gasteiger partial charge < -0.3 is 10.8 Å². The summed E-state index contributed by atoms with van der Waals surface area (Å²) in [6, 6.07) is 0. The SMILES string of the molecule is C[C@]12CC[C@@H]3[C@H](CCC4=CC(=O)CC[C@]43CO)[C@H]1CC[C@H]2C(N)=O. The highest BCUT2D eigenvalue weighted by atomic mass is 16.3. The van der Waals surface area contributed by atoms with E-state index in [4.69, 9.17) is 5.73 Å². The average Bonchev–Trinajstić information content (AvgIpc) is 2.91. The minimum absolute atomic E-state index is 0.0124. The number of carbonyl (C=O) groups excluding carboxylic acids is 2. The molecule has 3 fully saturated rings. The van der Waals surface area contributed by atoms with Crippen LogP contribution in [-0.2, 0) is 9.59 Å². The van der Waals surface area contributed by atoms with Gasteiger partial charge in [0.1, 0.15) is 0 Å². The first-order valence-electron chi connectivity index (χ1n) is 9.56. The Kier molecular flexibility index (Phi) is 3.68. The van der Waals surface area contributed by atoms with Gasteiger partial charge in [0.05, 0.1) is 6.61 Å². The Bertz CT molecular complexity index is 612. The molecule has 0 unspecified atom stereocenters. The number of hydrogen-bond donors (Lipinski definition) is 2. The molecule has 0 bridgehead atoms. The van der Waals surface area contributed by atoms with E-state index in [0.717, 1.165) is 44.9 Å². The summed E-state index contributed by atoms with van der Waals surface area (Å²) in [7, 11) is 0. The average molecular weight is 331 g/mol. The van der Waals surface area contributed by atoms with Gasteiger partial charge in [-0.2, -0.15) is 0 Å². The molecule has 0 aromatic heterocycles. The number of ketones is 1. The molecule has 0 radical (unpaired) electrons. The maximum Gasteiger partial charge on any atom is 0.221 e. The van der Waals surface area contributed by atoms with Gasteiger partial charge in [-0.25, -0.2) is 0 Å². The summed E-state index contributed by atoms with van der Waals surface area (Å²) in [6.45, 7) is 2.44. The molecule has 24 heavy (non-hydrogen) atoms. The first kappa shape index (κ1) is 16.3. The van der Waals surface area contributed by atoms with E-state index in [1.54, 1.807) is 0 Å². The lowest BCUT2D eigenvalue weighted by Crippen LogP contribution is -2.53. The Balaban J connectivity index is 1.69. The van der Waals surface area contributed by atoms with Crippen molar-refractivity contribution in [3.05, 3.63) is 11.6 Å². The Labute approximate surface area is 143 Å². The molecular weight excluding hydrogens is 302 g/mol. The third kappa shape index (κ3) is 2.01. The zero-order valence-electron chi connectivity index (χ0n) is 14.6. The van der Waals surface area contributed by atoms with Crippen molar-refractivity contribution in [2.45, 2.75) is 58.3 Å². The van der Waals surface area contributed by atoms with Crippen molar-refractivity contribution >= 4 is 11.7 Å². The first-order chi connectivity index (χ1) is 11.4. The summed E-state index contributed by atoms with van der Waals surface area (Å²) >= 11 is 0. The van der Waals surface area contributed by atoms with Crippen molar-refractivity contribution in [3.8, 4) is 0 Å². The molecule has 0 saturated heterocycles. The minimum atomic E-state index is -0.178. The van der Waals surface area contributed by atoms with Crippen LogP contribution in [-0.4, -0.2) is 23.4 Å². The number of aliphatic hydroxyl groups is 1. The molecule has 4 aliphatic rings. The van der Waals surface area contributed by atoms with Gasteiger partial charge in [-0.3, -0.25) is 9.59 Å². The fraction of sp³-hybridized carbons (Fsp3) is 0.800. The van der Waals surface area contributed by atoms with Crippen molar-refractivity contribution in [1.82, 2.24) is 0 Å². The molecule has 4 aliphatic carbocycles. The number of fused-ring (bicyclic) bond motifs is 5. The topological polar surface area (TPSA) is 80.4 Å². The van der Waals surface area contributed by atoms with Crippen LogP contribution in [0, 0.1) is 34.5 Å². The van der Waals surface area contributed by atoms with Gasteiger partial charge in [-0.1, -0.05) is 12.5 Å². The summed E-state index contributed by atoms with van der Waals surface area (Å²) in [5.41, 5.74) is 6.77. The Hall–Kier alpha value is -1.16. The van der Waals surface area contributed by atoms with E-state index in [1.165, 1.54) is 5.57 Å². The Morgan fingerprint density at radius 1 is 1.21 bits per heavy atom. The lowest BCUT2D eigenvalue weighted by atomic mass is 9.46. The molecule has 1 amide bonds. The van der Waals surface area contributed by atoms with Gasteiger partial charge in [-0.05, 0) is 74.2 Å². The zero-order chi connectivity index (χ0) is 17.1. The predicted molar refractivity (Wildman–Crippen MR) is 90.8 cm³/mol. The molecule has 0 aromatic carbocycles. The van der Waals surface area contributed by atoms with Crippen LogP contribution in [0.2, 0.25) is 0 Å². The van der Waals surface area contributed by atoms with Gasteiger partial charge in [-0.15, -0.1) is 0 Å². The number of carbonyl (C=O) groups is 2. The molecule has 4 heteroatoms. The van der Waals surface area contributed by atoms with Crippen molar-refractivity contribution < 1.29 is 14.7 Å². The molecule has 0 aliphatic heterocycles. The molecule has 4 nitrogen and oxygen atoms in total. The summed E-state index contributed by atoms with van der Waals surface area (Å²) in [6.07, 6.45) is 9.32. The third-order valence-corrected chi connectivity index (χ3v) is 8.31. The van der Waals surface area contributed by atoms with Gasteiger partial charge >= 0.3 is 0 Å². The molecule has 6 atom stereocenters. The molecule has 3 saturated carbocycles. The summed E-state index contributed by atoms with van der Waals surface area (Å²) in [5, 5.41) is 10.3. The summed E-state index contributed by atoms with van der Waals surface area (Å²) < 4.78 is 0. The number of rotatable bonds is 2. The van der Waals surface area contributed by atoms with Crippen LogP contribution in [0.4, 0.5) is 0 Å². The Morgan fingerprint density at radius 3 is 2.71 bits per heavy atom. The molecule has 132 valence electrons. The minimum Gasteiger partial charge on any atom is -0.395 e. The van der Waals surface area contributed by atoms with Crippen LogP contribution in [0.1, 0.15) is 58.3 Å². The van der Waals surface area contributed by atoms with E-state index >= 15 is 0 Å². The van der Waals surface area contributed by atoms with Crippen molar-refractivity contribution in [2.24, 2.45) is 40.2 Å². The summed E-state index contributed by atoms with van der Waals surface area (Å²) in [5.74, 6) is 1.67. The van der Waals surface area contributed by atoms with Crippen LogP contribution >= 0.6 is 0 Å². The molecule has 0 spiro atoms. The van der Waals surface area contributed by atoms with Crippen LogP contribution in [0.5, 0.6) is 0 Å². The maximum atomic E-state index is 11.9. The molecule has 0 aromatic rings. The van der Waals surface area contributed by atoms with E-state index in [0.29, 0.717) is 24.2 Å². The van der Waals surface area contributed by atoms with Crippen LogP contribution in [0.15, 0.2) is 11.6 Å². The van der Waals surface area contributed by atoms with E-state index in [2.05, 4.69) is 6.92 Å². The number of primary amides is 1. The fourth-order valence-corrected chi connectivity index (χ4v) is 7.13. The second kappa shape index (κ2) is 5.42. The fourth-order valence-electron chi connectivity index (χ4n) is 7.13. The first-order valence-corrected chi connectivity index (χ1v) is 9.56. The highest BCUT2D eigenvalue weighted by molar-refractivity contribution is 5.91. The van der Waals surface area contributed by atoms with Gasteiger partial charge in [0.25, 0.3) is 0 Å². The zero-order valence-corrected chi connectivity index (χ0v) is 14.6. The van der Waals surface area contributed by atoms with Crippen LogP contribution < -0.4 is 5.73 Å². The number of amides is 1. The van der Waals surface area contributed by atoms with E-state index in [9.17, 15) is 14.7 Å². The standard InChI is InChI=1S/C20H29NO3/c1-19-8-7-16-14(15(19)4-5-17(19)18(21)24)3-2-12-10-13(23)6-9-20(12,16)11-22/h10,14-17,22H,2-9,11H2,1H3,(H2,21,24)/t14-,15-,16-,17+,19+,20+/m1/s1.